The van der Waals surface area contributed by atoms with Crippen LogP contribution in [0, 0.1) is 0 Å². The van der Waals surface area contributed by atoms with Gasteiger partial charge >= 0.3 is 0 Å². The third kappa shape index (κ3) is 1.54. The van der Waals surface area contributed by atoms with Crippen LogP contribution >= 0.6 is 50.4 Å². The lowest BCUT2D eigenvalue weighted by atomic mass is 10.5. The van der Waals surface area contributed by atoms with Crippen molar-refractivity contribution in [3.05, 3.63) is 21.2 Å². The van der Waals surface area contributed by atoms with Crippen molar-refractivity contribution in [1.82, 2.24) is 9.36 Å². The number of halogens is 2. The summed E-state index contributed by atoms with van der Waals surface area (Å²) in [6, 6.07) is 1.98. The quantitative estimate of drug-likeness (QED) is 0.797. The summed E-state index contributed by atoms with van der Waals surface area (Å²) in [5, 5.41) is 3.17. The summed E-state index contributed by atoms with van der Waals surface area (Å²) in [6.07, 6.45) is 0. The maximum Gasteiger partial charge on any atom is 0.234 e. The Kier molecular flexibility index (Phi) is 2.45. The van der Waals surface area contributed by atoms with Crippen molar-refractivity contribution in [3.8, 4) is 9.88 Å². The molecule has 6 heteroatoms. The van der Waals surface area contributed by atoms with Gasteiger partial charge in [0.1, 0.15) is 0 Å². The summed E-state index contributed by atoms with van der Waals surface area (Å²) in [5.74, 6) is 0. The van der Waals surface area contributed by atoms with Gasteiger partial charge in [0.05, 0.1) is 4.88 Å². The molecule has 0 saturated heterocycles. The Morgan fingerprint density at radius 3 is 2.83 bits per heavy atom. The first kappa shape index (κ1) is 8.62. The number of hydrogen-bond acceptors (Lipinski definition) is 4. The van der Waals surface area contributed by atoms with Crippen molar-refractivity contribution in [2.24, 2.45) is 0 Å². The van der Waals surface area contributed by atoms with Crippen LogP contribution in [0.15, 0.2) is 15.9 Å². The molecule has 0 bridgehead atoms. The van der Waals surface area contributed by atoms with Crippen molar-refractivity contribution in [2.75, 3.05) is 0 Å². The Labute approximate surface area is 90.5 Å². The van der Waals surface area contributed by atoms with Gasteiger partial charge in [-0.1, -0.05) is 0 Å². The van der Waals surface area contributed by atoms with E-state index in [1.807, 2.05) is 11.4 Å². The Hall–Kier alpha value is 0.0300. The zero-order valence-electron chi connectivity index (χ0n) is 5.62. The molecule has 12 heavy (non-hydrogen) atoms. The first-order chi connectivity index (χ1) is 5.77. The normalized spacial score (nSPS) is 10.5. The van der Waals surface area contributed by atoms with E-state index in [-0.39, 0.29) is 0 Å². The Morgan fingerprint density at radius 1 is 1.50 bits per heavy atom. The van der Waals surface area contributed by atoms with Gasteiger partial charge in [-0.25, -0.2) is 4.98 Å². The fourth-order valence-corrected chi connectivity index (χ4v) is 3.33. The van der Waals surface area contributed by atoms with Gasteiger partial charge in [0, 0.05) is 4.47 Å². The van der Waals surface area contributed by atoms with Gasteiger partial charge in [-0.3, -0.25) is 0 Å². The lowest BCUT2D eigenvalue weighted by Crippen LogP contribution is -1.69. The third-order valence-corrected chi connectivity index (χ3v) is 4.19. The van der Waals surface area contributed by atoms with Crippen LogP contribution in [-0.2, 0) is 0 Å². The summed E-state index contributed by atoms with van der Waals surface area (Å²) >= 11 is 12.0. The summed E-state index contributed by atoms with van der Waals surface area (Å²) < 4.78 is 4.94. The number of aromatic nitrogens is 2. The number of rotatable bonds is 1. The van der Waals surface area contributed by atoms with E-state index in [9.17, 15) is 0 Å². The molecule has 2 nitrogen and oxygen atoms in total. The number of thiophene rings is 1. The fourth-order valence-electron chi connectivity index (χ4n) is 0.744. The molecular formula is C6H2BrClN2S2. The van der Waals surface area contributed by atoms with E-state index in [2.05, 4.69) is 25.3 Å². The van der Waals surface area contributed by atoms with Crippen LogP contribution in [0.5, 0.6) is 0 Å². The second kappa shape index (κ2) is 3.41. The molecule has 0 aliphatic heterocycles. The van der Waals surface area contributed by atoms with Gasteiger partial charge in [0.15, 0.2) is 5.01 Å². The van der Waals surface area contributed by atoms with Crippen LogP contribution in [0.2, 0.25) is 5.28 Å². The van der Waals surface area contributed by atoms with Crippen LogP contribution in [0.4, 0.5) is 0 Å². The largest absolute Gasteiger partial charge is 0.234 e. The summed E-state index contributed by atoms with van der Waals surface area (Å²) in [7, 11) is 0. The van der Waals surface area contributed by atoms with Crippen molar-refractivity contribution >= 4 is 50.4 Å². The highest BCUT2D eigenvalue weighted by atomic mass is 79.9. The predicted octanol–water partition coefficient (Wildman–Crippen LogP) is 3.68. The minimum atomic E-state index is 0.315. The molecule has 0 fully saturated rings. The molecule has 2 rings (SSSR count). The van der Waals surface area contributed by atoms with Gasteiger partial charge in [0.2, 0.25) is 5.28 Å². The molecule has 0 aromatic carbocycles. The van der Waals surface area contributed by atoms with Crippen molar-refractivity contribution in [1.29, 1.82) is 0 Å². The maximum absolute atomic E-state index is 5.61. The maximum atomic E-state index is 5.61. The van der Waals surface area contributed by atoms with E-state index in [1.54, 1.807) is 11.3 Å². The fraction of sp³-hybridized carbons (Fsp3) is 0. The second-order valence-electron chi connectivity index (χ2n) is 1.97. The van der Waals surface area contributed by atoms with Gasteiger partial charge in [-0.15, -0.1) is 11.3 Å². The Bertz CT molecular complexity index is 398. The Morgan fingerprint density at radius 2 is 2.33 bits per heavy atom. The number of nitrogens with zero attached hydrogens (tertiary/aromatic N) is 2. The van der Waals surface area contributed by atoms with Crippen LogP contribution in [0.1, 0.15) is 0 Å². The lowest BCUT2D eigenvalue weighted by molar-refractivity contribution is 1.33. The minimum absolute atomic E-state index is 0.315. The van der Waals surface area contributed by atoms with Gasteiger partial charge in [-0.2, -0.15) is 4.37 Å². The molecule has 0 aliphatic rings. The third-order valence-electron chi connectivity index (χ3n) is 1.21. The van der Waals surface area contributed by atoms with Gasteiger partial charge < -0.3 is 0 Å². The molecule has 62 valence electrons. The molecule has 2 aromatic heterocycles. The zero-order chi connectivity index (χ0) is 8.55. The molecule has 0 saturated carbocycles. The van der Waals surface area contributed by atoms with Gasteiger partial charge in [-0.05, 0) is 50.5 Å². The molecule has 0 atom stereocenters. The van der Waals surface area contributed by atoms with E-state index in [0.29, 0.717) is 5.28 Å². The van der Waals surface area contributed by atoms with Crippen LogP contribution < -0.4 is 0 Å². The average Bonchev–Trinajstić information content (AvgIpc) is 2.58. The summed E-state index contributed by atoms with van der Waals surface area (Å²) in [6.45, 7) is 0. The summed E-state index contributed by atoms with van der Waals surface area (Å²) in [4.78, 5) is 5.15. The summed E-state index contributed by atoms with van der Waals surface area (Å²) in [5.41, 5.74) is 0. The second-order valence-corrected chi connectivity index (χ2v) is 4.83. The molecule has 0 amide bonds. The van der Waals surface area contributed by atoms with Crippen LogP contribution in [0.25, 0.3) is 9.88 Å². The molecule has 0 unspecified atom stereocenters. The predicted molar refractivity (Wildman–Crippen MR) is 55.9 cm³/mol. The molecule has 2 aromatic rings. The highest BCUT2D eigenvalue weighted by Gasteiger charge is 2.09. The molecule has 0 spiro atoms. The molecule has 0 N–H and O–H groups in total. The SMILES string of the molecule is Clc1nsc(-c2sccc2Br)n1. The molecule has 0 aliphatic carbocycles. The monoisotopic (exact) mass is 280 g/mol. The minimum Gasteiger partial charge on any atom is -0.204 e. The smallest absolute Gasteiger partial charge is 0.204 e. The van der Waals surface area contributed by atoms with Crippen LogP contribution in [-0.4, -0.2) is 9.36 Å². The van der Waals surface area contributed by atoms with E-state index in [1.165, 1.54) is 11.5 Å². The number of hydrogen-bond donors (Lipinski definition) is 0. The average molecular weight is 282 g/mol. The lowest BCUT2D eigenvalue weighted by Gasteiger charge is -1.87. The van der Waals surface area contributed by atoms with E-state index >= 15 is 0 Å². The molecular weight excluding hydrogens is 280 g/mol. The van der Waals surface area contributed by atoms with Crippen molar-refractivity contribution in [2.45, 2.75) is 0 Å². The molecule has 0 radical (unpaired) electrons. The van der Waals surface area contributed by atoms with E-state index in [4.69, 9.17) is 11.6 Å². The zero-order valence-corrected chi connectivity index (χ0v) is 9.60. The van der Waals surface area contributed by atoms with Crippen LogP contribution in [0.3, 0.4) is 0 Å². The first-order valence-corrected chi connectivity index (χ1v) is 5.82. The first-order valence-electron chi connectivity index (χ1n) is 3.00. The topological polar surface area (TPSA) is 25.8 Å². The van der Waals surface area contributed by atoms with Crippen molar-refractivity contribution < 1.29 is 0 Å². The molecule has 2 heterocycles. The van der Waals surface area contributed by atoms with Crippen molar-refractivity contribution in [3.63, 3.8) is 0 Å². The Balaban J connectivity index is 2.50. The van der Waals surface area contributed by atoms with Gasteiger partial charge in [0.25, 0.3) is 0 Å². The standard InChI is InChI=1S/C6H2BrClN2S2/c7-3-1-2-11-4(3)5-9-6(8)10-12-5/h1-2H. The van der Waals surface area contributed by atoms with E-state index < -0.39 is 0 Å². The van der Waals surface area contributed by atoms with E-state index in [0.717, 1.165) is 14.4 Å². The highest BCUT2D eigenvalue weighted by molar-refractivity contribution is 9.10. The highest BCUT2D eigenvalue weighted by Crippen LogP contribution is 2.34.